The molecule has 1 unspecified atom stereocenters. The van der Waals surface area contributed by atoms with E-state index < -0.39 is 35.8 Å². The Hall–Kier alpha value is -3.88. The molecule has 9 nitrogen and oxygen atoms in total. The lowest BCUT2D eigenvalue weighted by Gasteiger charge is -2.22. The number of nitrogens with two attached hydrogens (primary N) is 1. The molecule has 0 spiro atoms. The summed E-state index contributed by atoms with van der Waals surface area (Å²) in [5.41, 5.74) is 5.35. The minimum atomic E-state index is -1.40. The number of hydrogen-bond donors (Lipinski definition) is 3. The summed E-state index contributed by atoms with van der Waals surface area (Å²) < 4.78 is 5.08. The van der Waals surface area contributed by atoms with Gasteiger partial charge >= 0.3 is 6.03 Å². The number of amides is 5. The van der Waals surface area contributed by atoms with E-state index in [0.717, 1.165) is 10.5 Å². The Kier molecular flexibility index (Phi) is 5.72. The Labute approximate surface area is 173 Å². The maximum absolute atomic E-state index is 12.9. The van der Waals surface area contributed by atoms with Crippen molar-refractivity contribution in [3.8, 4) is 5.75 Å². The molecule has 156 valence electrons. The number of carbonyl (C=O) groups is 4. The van der Waals surface area contributed by atoms with E-state index in [4.69, 9.17) is 10.5 Å². The Morgan fingerprint density at radius 1 is 1.17 bits per heavy atom. The first-order valence-corrected chi connectivity index (χ1v) is 9.18. The highest BCUT2D eigenvalue weighted by molar-refractivity contribution is 6.09. The normalized spacial score (nSPS) is 18.1. The van der Waals surface area contributed by atoms with Crippen molar-refractivity contribution < 1.29 is 23.9 Å². The molecule has 5 amide bonds. The largest absolute Gasteiger partial charge is 0.497 e. The number of imide groups is 1. The molecule has 1 saturated heterocycles. The predicted octanol–water partition coefficient (Wildman–Crippen LogP) is 0.878. The first kappa shape index (κ1) is 20.8. The van der Waals surface area contributed by atoms with Gasteiger partial charge in [-0.1, -0.05) is 24.3 Å². The van der Waals surface area contributed by atoms with E-state index in [0.29, 0.717) is 11.3 Å². The number of carbonyl (C=O) groups excluding carboxylic acids is 4. The summed E-state index contributed by atoms with van der Waals surface area (Å²) in [4.78, 5) is 49.9. The number of ether oxygens (including phenoxy) is 1. The molecule has 0 bridgehead atoms. The topological polar surface area (TPSA) is 131 Å². The second kappa shape index (κ2) is 8.24. The van der Waals surface area contributed by atoms with Crippen molar-refractivity contribution in [3.63, 3.8) is 0 Å². The summed E-state index contributed by atoms with van der Waals surface area (Å²) in [6.45, 7) is 1.33. The van der Waals surface area contributed by atoms with Crippen LogP contribution >= 0.6 is 0 Å². The van der Waals surface area contributed by atoms with Crippen LogP contribution in [0.5, 0.6) is 5.75 Å². The molecule has 4 N–H and O–H groups in total. The minimum absolute atomic E-state index is 0.214. The number of urea groups is 1. The molecular formula is C21H22N4O5. The van der Waals surface area contributed by atoms with E-state index in [1.54, 1.807) is 43.5 Å². The van der Waals surface area contributed by atoms with Crippen molar-refractivity contribution in [1.82, 2.24) is 15.5 Å². The number of rotatable bonds is 7. The molecule has 2 aromatic carbocycles. The Bertz CT molecular complexity index is 1000. The molecule has 2 aromatic rings. The number of nitrogens with zero attached hydrogens (tertiary/aromatic N) is 1. The lowest BCUT2D eigenvalue weighted by molar-refractivity contribution is -0.134. The van der Waals surface area contributed by atoms with Gasteiger partial charge in [0, 0.05) is 12.1 Å². The molecule has 1 atom stereocenters. The van der Waals surface area contributed by atoms with E-state index in [2.05, 4.69) is 10.6 Å². The fraction of sp³-hybridized carbons (Fsp3) is 0.238. The number of nitrogens with one attached hydrogen (secondary N) is 2. The van der Waals surface area contributed by atoms with Crippen LogP contribution in [0.4, 0.5) is 4.79 Å². The molecule has 30 heavy (non-hydrogen) atoms. The monoisotopic (exact) mass is 410 g/mol. The van der Waals surface area contributed by atoms with Crippen LogP contribution in [0.15, 0.2) is 48.5 Å². The number of benzene rings is 2. The highest BCUT2D eigenvalue weighted by atomic mass is 16.5. The molecule has 1 aliphatic heterocycles. The molecule has 1 aliphatic rings. The zero-order valence-corrected chi connectivity index (χ0v) is 16.6. The van der Waals surface area contributed by atoms with Crippen LogP contribution in [0, 0.1) is 0 Å². The summed E-state index contributed by atoms with van der Waals surface area (Å²) in [7, 11) is 1.56. The molecule has 0 aromatic heterocycles. The summed E-state index contributed by atoms with van der Waals surface area (Å²) in [6, 6.07) is 12.6. The zero-order valence-electron chi connectivity index (χ0n) is 16.6. The molecule has 0 radical (unpaired) electrons. The Morgan fingerprint density at radius 3 is 2.50 bits per heavy atom. The van der Waals surface area contributed by atoms with E-state index in [1.807, 2.05) is 0 Å². The van der Waals surface area contributed by atoms with Gasteiger partial charge in [-0.3, -0.25) is 19.3 Å². The van der Waals surface area contributed by atoms with Crippen LogP contribution in [0.3, 0.4) is 0 Å². The molecule has 0 saturated carbocycles. The molecule has 0 aliphatic carbocycles. The Morgan fingerprint density at radius 2 is 1.87 bits per heavy atom. The lowest BCUT2D eigenvalue weighted by atomic mass is 9.90. The number of primary amides is 1. The molecule has 9 heteroatoms. The van der Waals surface area contributed by atoms with Crippen LogP contribution in [0.1, 0.15) is 28.4 Å². The van der Waals surface area contributed by atoms with Crippen molar-refractivity contribution in [2.75, 3.05) is 13.7 Å². The average molecular weight is 410 g/mol. The van der Waals surface area contributed by atoms with Crippen molar-refractivity contribution >= 4 is 23.8 Å². The molecule has 1 heterocycles. The van der Waals surface area contributed by atoms with E-state index >= 15 is 0 Å². The molecule has 3 rings (SSSR count). The van der Waals surface area contributed by atoms with Gasteiger partial charge in [0.15, 0.2) is 0 Å². The van der Waals surface area contributed by atoms with Gasteiger partial charge in [-0.15, -0.1) is 0 Å². The van der Waals surface area contributed by atoms with Crippen LogP contribution in [0.25, 0.3) is 0 Å². The summed E-state index contributed by atoms with van der Waals surface area (Å²) in [5, 5.41) is 5.28. The maximum atomic E-state index is 12.9. The van der Waals surface area contributed by atoms with Gasteiger partial charge < -0.3 is 21.1 Å². The van der Waals surface area contributed by atoms with Gasteiger partial charge in [0.2, 0.25) is 11.8 Å². The van der Waals surface area contributed by atoms with Crippen molar-refractivity contribution in [2.45, 2.75) is 19.0 Å². The molecule has 1 fully saturated rings. The summed E-state index contributed by atoms with van der Waals surface area (Å²) >= 11 is 0. The van der Waals surface area contributed by atoms with Crippen molar-refractivity contribution in [3.05, 3.63) is 65.2 Å². The van der Waals surface area contributed by atoms with Gasteiger partial charge in [-0.2, -0.15) is 0 Å². The summed E-state index contributed by atoms with van der Waals surface area (Å²) in [5.74, 6) is -1.02. The van der Waals surface area contributed by atoms with Gasteiger partial charge in [0.05, 0.1) is 7.11 Å². The fourth-order valence-corrected chi connectivity index (χ4v) is 3.16. The quantitative estimate of drug-likeness (QED) is 0.583. The van der Waals surface area contributed by atoms with E-state index in [9.17, 15) is 19.2 Å². The number of methoxy groups -OCH3 is 1. The van der Waals surface area contributed by atoms with Crippen LogP contribution in [-0.4, -0.2) is 42.3 Å². The highest BCUT2D eigenvalue weighted by Crippen LogP contribution is 2.29. The summed E-state index contributed by atoms with van der Waals surface area (Å²) in [6.07, 6.45) is 0. The smallest absolute Gasteiger partial charge is 0.325 e. The van der Waals surface area contributed by atoms with Crippen LogP contribution in [0.2, 0.25) is 0 Å². The first-order valence-electron chi connectivity index (χ1n) is 9.18. The SMILES string of the molecule is COc1ccc(CNC(=O)CN2C(=O)NC(C)(c3cccc(C(N)=O)c3)C2=O)cc1. The predicted molar refractivity (Wildman–Crippen MR) is 107 cm³/mol. The highest BCUT2D eigenvalue weighted by Gasteiger charge is 2.49. The van der Waals surface area contributed by atoms with Gasteiger partial charge in [-0.25, -0.2) is 4.79 Å². The minimum Gasteiger partial charge on any atom is -0.497 e. The Balaban J connectivity index is 1.67. The average Bonchev–Trinajstić information content (AvgIpc) is 2.96. The van der Waals surface area contributed by atoms with Crippen molar-refractivity contribution in [1.29, 1.82) is 0 Å². The third-order valence-electron chi connectivity index (χ3n) is 4.95. The third kappa shape index (κ3) is 4.09. The van der Waals surface area contributed by atoms with Gasteiger partial charge in [0.1, 0.15) is 17.8 Å². The third-order valence-corrected chi connectivity index (χ3v) is 4.95. The van der Waals surface area contributed by atoms with Gasteiger partial charge in [0.25, 0.3) is 5.91 Å². The van der Waals surface area contributed by atoms with Crippen LogP contribution < -0.4 is 21.1 Å². The second-order valence-corrected chi connectivity index (χ2v) is 7.02. The standard InChI is InChI=1S/C21H22N4O5/c1-21(15-5-3-4-14(10-15)18(22)27)19(28)25(20(29)24-21)12-17(26)23-11-13-6-8-16(30-2)9-7-13/h3-10H,11-12H2,1-2H3,(H2,22,27)(H,23,26)(H,24,29). The maximum Gasteiger partial charge on any atom is 0.325 e. The lowest BCUT2D eigenvalue weighted by Crippen LogP contribution is -2.43. The van der Waals surface area contributed by atoms with Crippen LogP contribution in [-0.2, 0) is 21.7 Å². The van der Waals surface area contributed by atoms with Gasteiger partial charge in [-0.05, 0) is 42.3 Å². The van der Waals surface area contributed by atoms with Crippen molar-refractivity contribution in [2.24, 2.45) is 5.73 Å². The fourth-order valence-electron chi connectivity index (χ4n) is 3.16. The molecular weight excluding hydrogens is 388 g/mol. The number of hydrogen-bond acceptors (Lipinski definition) is 5. The first-order chi connectivity index (χ1) is 14.2. The second-order valence-electron chi connectivity index (χ2n) is 7.02. The van der Waals surface area contributed by atoms with E-state index in [-0.39, 0.29) is 12.1 Å². The van der Waals surface area contributed by atoms with E-state index in [1.165, 1.54) is 19.1 Å². The zero-order chi connectivity index (χ0) is 21.9.